The standard InChI is InChI=1S/C10H6N6O/c1-7(2-11)9(3-12,4-13)10(5-14,6-15)8(16)17/h7H,1H3,(H2,16,17). The number of carbonyl (C=O) groups is 1. The number of amides is 1. The van der Waals surface area contributed by atoms with Crippen molar-refractivity contribution in [3.63, 3.8) is 0 Å². The fourth-order valence-electron chi connectivity index (χ4n) is 1.31. The molecule has 0 rings (SSSR count). The number of nitrogens with two attached hydrogens (primary N) is 1. The lowest BCUT2D eigenvalue weighted by molar-refractivity contribution is -0.125. The predicted molar refractivity (Wildman–Crippen MR) is 51.3 cm³/mol. The van der Waals surface area contributed by atoms with Gasteiger partial charge in [-0.3, -0.25) is 4.79 Å². The van der Waals surface area contributed by atoms with Crippen LogP contribution in [0.2, 0.25) is 0 Å². The SMILES string of the molecule is CC(C#N)C(C#N)(C#N)C(C#N)(C#N)C(N)=O. The highest BCUT2D eigenvalue weighted by atomic mass is 16.1. The van der Waals surface area contributed by atoms with Gasteiger partial charge in [-0.15, -0.1) is 0 Å². The maximum absolute atomic E-state index is 11.2. The van der Waals surface area contributed by atoms with E-state index >= 15 is 0 Å². The van der Waals surface area contributed by atoms with Crippen LogP contribution in [0.3, 0.4) is 0 Å². The van der Waals surface area contributed by atoms with Gasteiger partial charge in [-0.2, -0.15) is 26.3 Å². The zero-order chi connectivity index (χ0) is 13.7. The highest BCUT2D eigenvalue weighted by molar-refractivity contribution is 5.89. The van der Waals surface area contributed by atoms with Gasteiger partial charge in [-0.1, -0.05) is 0 Å². The van der Waals surface area contributed by atoms with Gasteiger partial charge in [-0.05, 0) is 6.92 Å². The average molecular weight is 226 g/mol. The Labute approximate surface area is 97.5 Å². The number of nitrogens with zero attached hydrogens (tertiary/aromatic N) is 5. The van der Waals surface area contributed by atoms with Gasteiger partial charge >= 0.3 is 0 Å². The number of rotatable bonds is 3. The van der Waals surface area contributed by atoms with E-state index in [1.165, 1.54) is 31.2 Å². The zero-order valence-corrected chi connectivity index (χ0v) is 8.80. The Bertz CT molecular complexity index is 516. The molecule has 0 aliphatic rings. The minimum Gasteiger partial charge on any atom is -0.367 e. The van der Waals surface area contributed by atoms with Crippen LogP contribution in [0.15, 0.2) is 0 Å². The van der Waals surface area contributed by atoms with E-state index in [2.05, 4.69) is 0 Å². The lowest BCUT2D eigenvalue weighted by Crippen LogP contribution is -2.51. The molecule has 2 N–H and O–H groups in total. The van der Waals surface area contributed by atoms with E-state index in [9.17, 15) is 4.79 Å². The molecule has 0 bridgehead atoms. The molecule has 0 saturated heterocycles. The highest BCUT2D eigenvalue weighted by Crippen LogP contribution is 2.43. The van der Waals surface area contributed by atoms with Crippen molar-refractivity contribution in [2.45, 2.75) is 6.92 Å². The van der Waals surface area contributed by atoms with E-state index in [4.69, 9.17) is 32.0 Å². The Morgan fingerprint density at radius 1 is 1.06 bits per heavy atom. The summed E-state index contributed by atoms with van der Waals surface area (Å²) in [5.74, 6) is -2.75. The van der Waals surface area contributed by atoms with Crippen LogP contribution >= 0.6 is 0 Å². The van der Waals surface area contributed by atoms with Crippen LogP contribution in [0.4, 0.5) is 0 Å². The summed E-state index contributed by atoms with van der Waals surface area (Å²) in [6, 6.07) is 6.98. The van der Waals surface area contributed by atoms with Gasteiger partial charge in [0.1, 0.15) is 0 Å². The minimum absolute atomic E-state index is 1.17. The normalized spacial score (nSPS) is 11.8. The predicted octanol–water partition coefficient (Wildman–Crippen LogP) is -0.301. The number of hydrogen-bond donors (Lipinski definition) is 1. The first kappa shape index (κ1) is 13.9. The largest absolute Gasteiger partial charge is 0.367 e. The molecule has 0 spiro atoms. The van der Waals surface area contributed by atoms with E-state index in [-0.39, 0.29) is 0 Å². The summed E-state index contributed by atoms with van der Waals surface area (Å²) in [6.45, 7) is 1.17. The topological polar surface area (TPSA) is 162 Å². The molecule has 0 aromatic rings. The molecular formula is C10H6N6O. The molecule has 0 aliphatic heterocycles. The summed E-state index contributed by atoms with van der Waals surface area (Å²) in [7, 11) is 0. The maximum Gasteiger partial charge on any atom is 0.255 e. The van der Waals surface area contributed by atoms with Crippen molar-refractivity contribution in [3.8, 4) is 30.3 Å². The summed E-state index contributed by atoms with van der Waals surface area (Å²) in [6.07, 6.45) is 0. The lowest BCUT2D eigenvalue weighted by atomic mass is 9.60. The van der Waals surface area contributed by atoms with Crippen LogP contribution in [0, 0.1) is 73.4 Å². The van der Waals surface area contributed by atoms with Gasteiger partial charge in [0.25, 0.3) is 11.3 Å². The van der Waals surface area contributed by atoms with Crippen LogP contribution in [0.25, 0.3) is 0 Å². The fraction of sp³-hybridized carbons (Fsp3) is 0.400. The van der Waals surface area contributed by atoms with Crippen molar-refractivity contribution in [2.24, 2.45) is 22.5 Å². The van der Waals surface area contributed by atoms with Gasteiger partial charge in [-0.25, -0.2) is 0 Å². The monoisotopic (exact) mass is 226 g/mol. The Morgan fingerprint density at radius 2 is 1.47 bits per heavy atom. The second-order valence-electron chi connectivity index (χ2n) is 3.22. The first-order chi connectivity index (χ1) is 7.92. The first-order valence-corrected chi connectivity index (χ1v) is 4.27. The van der Waals surface area contributed by atoms with Crippen LogP contribution in [0.5, 0.6) is 0 Å². The molecule has 7 nitrogen and oxygen atoms in total. The smallest absolute Gasteiger partial charge is 0.255 e. The number of carbonyl (C=O) groups excluding carboxylic acids is 1. The van der Waals surface area contributed by atoms with Crippen LogP contribution in [-0.2, 0) is 4.79 Å². The number of nitriles is 5. The van der Waals surface area contributed by atoms with E-state index in [1.54, 1.807) is 6.07 Å². The van der Waals surface area contributed by atoms with Crippen molar-refractivity contribution in [1.82, 2.24) is 0 Å². The summed E-state index contributed by atoms with van der Waals surface area (Å²) in [4.78, 5) is 11.2. The van der Waals surface area contributed by atoms with Crippen LogP contribution < -0.4 is 5.73 Å². The molecular weight excluding hydrogens is 220 g/mol. The van der Waals surface area contributed by atoms with E-state index in [1.807, 2.05) is 0 Å². The zero-order valence-electron chi connectivity index (χ0n) is 8.80. The second kappa shape index (κ2) is 4.63. The van der Waals surface area contributed by atoms with Gasteiger partial charge in [0.2, 0.25) is 0 Å². The third kappa shape index (κ3) is 1.51. The van der Waals surface area contributed by atoms with Gasteiger partial charge in [0.05, 0.1) is 36.3 Å². The molecule has 0 aliphatic carbocycles. The molecule has 0 fully saturated rings. The fourth-order valence-corrected chi connectivity index (χ4v) is 1.31. The molecule has 1 atom stereocenters. The molecule has 0 aromatic carbocycles. The number of primary amides is 1. The third-order valence-corrected chi connectivity index (χ3v) is 2.49. The Morgan fingerprint density at radius 3 is 1.65 bits per heavy atom. The van der Waals surface area contributed by atoms with Crippen LogP contribution in [-0.4, -0.2) is 5.91 Å². The lowest BCUT2D eigenvalue weighted by Gasteiger charge is -2.29. The molecule has 7 heteroatoms. The van der Waals surface area contributed by atoms with E-state index < -0.39 is 22.7 Å². The summed E-state index contributed by atoms with van der Waals surface area (Å²) >= 11 is 0. The highest BCUT2D eigenvalue weighted by Gasteiger charge is 2.62. The van der Waals surface area contributed by atoms with Crippen molar-refractivity contribution in [3.05, 3.63) is 0 Å². The van der Waals surface area contributed by atoms with Crippen molar-refractivity contribution in [1.29, 1.82) is 26.3 Å². The quantitative estimate of drug-likeness (QED) is 0.694. The van der Waals surface area contributed by atoms with Crippen molar-refractivity contribution in [2.75, 3.05) is 0 Å². The van der Waals surface area contributed by atoms with E-state index in [0.29, 0.717) is 0 Å². The second-order valence-corrected chi connectivity index (χ2v) is 3.22. The molecule has 1 unspecified atom stereocenters. The molecule has 82 valence electrons. The van der Waals surface area contributed by atoms with Crippen molar-refractivity contribution >= 4 is 5.91 Å². The molecule has 0 heterocycles. The summed E-state index contributed by atoms with van der Waals surface area (Å²) in [5, 5.41) is 44.5. The third-order valence-electron chi connectivity index (χ3n) is 2.49. The summed E-state index contributed by atoms with van der Waals surface area (Å²) < 4.78 is 0. The van der Waals surface area contributed by atoms with E-state index in [0.717, 1.165) is 0 Å². The molecule has 0 radical (unpaired) electrons. The van der Waals surface area contributed by atoms with Crippen molar-refractivity contribution < 1.29 is 4.79 Å². The molecule has 1 amide bonds. The Kier molecular flexibility index (Phi) is 3.79. The van der Waals surface area contributed by atoms with Crippen LogP contribution in [0.1, 0.15) is 6.92 Å². The molecule has 0 aromatic heterocycles. The number of hydrogen-bond acceptors (Lipinski definition) is 6. The Hall–Kier alpha value is -3.08. The molecule has 0 saturated carbocycles. The average Bonchev–Trinajstić information content (AvgIpc) is 2.35. The van der Waals surface area contributed by atoms with Gasteiger partial charge in [0.15, 0.2) is 5.41 Å². The summed E-state index contributed by atoms with van der Waals surface area (Å²) in [5.41, 5.74) is -0.168. The maximum atomic E-state index is 11.2. The van der Waals surface area contributed by atoms with Gasteiger partial charge < -0.3 is 5.73 Å². The Balaban J connectivity index is 6.40. The first-order valence-electron chi connectivity index (χ1n) is 4.27. The molecule has 17 heavy (non-hydrogen) atoms. The van der Waals surface area contributed by atoms with Gasteiger partial charge in [0, 0.05) is 0 Å². The minimum atomic E-state index is -2.67.